The molecule has 29 heavy (non-hydrogen) atoms. The van der Waals surface area contributed by atoms with Gasteiger partial charge in [0.05, 0.1) is 32.3 Å². The van der Waals surface area contributed by atoms with Crippen molar-refractivity contribution in [2.45, 2.75) is 64.3 Å². The Balaban J connectivity index is 1.65. The molecular formula is C22H40N4O3. The average molecular weight is 409 g/mol. The fourth-order valence-electron chi connectivity index (χ4n) is 5.06. The molecule has 166 valence electrons. The van der Waals surface area contributed by atoms with E-state index in [0.29, 0.717) is 6.61 Å². The molecule has 0 amide bonds. The Hall–Kier alpha value is -1.34. The van der Waals surface area contributed by atoms with Crippen molar-refractivity contribution in [3.63, 3.8) is 0 Å². The van der Waals surface area contributed by atoms with Gasteiger partial charge in [-0.25, -0.2) is 0 Å². The molecule has 1 N–H and O–H groups in total. The highest BCUT2D eigenvalue weighted by Gasteiger charge is 2.39. The topological polar surface area (TPSA) is 66.4 Å². The molecule has 7 heteroatoms. The van der Waals surface area contributed by atoms with E-state index in [4.69, 9.17) is 14.5 Å². The van der Waals surface area contributed by atoms with Gasteiger partial charge in [0.2, 0.25) is 0 Å². The van der Waals surface area contributed by atoms with E-state index in [2.05, 4.69) is 22.0 Å². The van der Waals surface area contributed by atoms with E-state index in [0.717, 1.165) is 71.3 Å². The maximum Gasteiger partial charge on any atom is 0.309 e. The number of ether oxygens (including phenoxy) is 2. The Morgan fingerprint density at radius 3 is 2.41 bits per heavy atom. The fraction of sp³-hybridized carbons (Fsp3) is 0.909. The molecule has 0 bridgehead atoms. The zero-order valence-corrected chi connectivity index (χ0v) is 18.5. The molecule has 2 aliphatic heterocycles. The smallest absolute Gasteiger partial charge is 0.309 e. The summed E-state index contributed by atoms with van der Waals surface area (Å²) >= 11 is 0. The second-order valence-corrected chi connectivity index (χ2v) is 8.57. The Labute approximate surface area is 176 Å². The molecule has 7 nitrogen and oxygen atoms in total. The molecule has 0 aromatic heterocycles. The Kier molecular flexibility index (Phi) is 8.60. The van der Waals surface area contributed by atoms with Crippen LogP contribution in [0.5, 0.6) is 0 Å². The number of hydrogen-bond acceptors (Lipinski definition) is 5. The molecule has 2 saturated heterocycles. The molecule has 2 heterocycles. The van der Waals surface area contributed by atoms with Gasteiger partial charge in [0.25, 0.3) is 0 Å². The number of morpholine rings is 1. The van der Waals surface area contributed by atoms with Crippen molar-refractivity contribution < 1.29 is 14.3 Å². The van der Waals surface area contributed by atoms with Gasteiger partial charge in [-0.3, -0.25) is 14.7 Å². The Morgan fingerprint density at radius 1 is 1.10 bits per heavy atom. The lowest BCUT2D eigenvalue weighted by Gasteiger charge is -2.47. The number of nitrogens with one attached hydrogen (secondary N) is 1. The van der Waals surface area contributed by atoms with Crippen molar-refractivity contribution in [3.05, 3.63) is 0 Å². The van der Waals surface area contributed by atoms with Crippen molar-refractivity contribution >= 4 is 11.9 Å². The van der Waals surface area contributed by atoms with Gasteiger partial charge in [-0.05, 0) is 39.5 Å². The summed E-state index contributed by atoms with van der Waals surface area (Å²) in [6, 6.07) is 0. The zero-order chi connectivity index (χ0) is 20.5. The van der Waals surface area contributed by atoms with Crippen molar-refractivity contribution in [2.24, 2.45) is 10.9 Å². The fourth-order valence-corrected chi connectivity index (χ4v) is 5.06. The third-order valence-electron chi connectivity index (χ3n) is 6.74. The molecule has 0 radical (unpaired) electrons. The maximum absolute atomic E-state index is 12.0. The third kappa shape index (κ3) is 5.85. The molecule has 3 rings (SSSR count). The molecule has 0 atom stereocenters. The number of nitrogens with zero attached hydrogens (tertiary/aromatic N) is 3. The van der Waals surface area contributed by atoms with E-state index < -0.39 is 0 Å². The molecule has 0 unspecified atom stereocenters. The Bertz CT molecular complexity index is 534. The first kappa shape index (κ1) is 22.3. The normalized spacial score (nSPS) is 24.3. The van der Waals surface area contributed by atoms with E-state index in [-0.39, 0.29) is 17.4 Å². The van der Waals surface area contributed by atoms with Gasteiger partial charge >= 0.3 is 5.97 Å². The first-order valence-corrected chi connectivity index (χ1v) is 11.7. The van der Waals surface area contributed by atoms with Gasteiger partial charge < -0.3 is 19.7 Å². The van der Waals surface area contributed by atoms with Crippen LogP contribution in [0.1, 0.15) is 58.8 Å². The van der Waals surface area contributed by atoms with Gasteiger partial charge in [0.1, 0.15) is 0 Å². The van der Waals surface area contributed by atoms with Crippen LogP contribution in [0.15, 0.2) is 4.99 Å². The number of likely N-dealkylation sites (tertiary alicyclic amines) is 1. The summed E-state index contributed by atoms with van der Waals surface area (Å²) in [4.78, 5) is 22.2. The standard InChI is InChI=1S/C22H40N4O3/c1-3-23-21(25-12-8-19(9-13-25)20(27)29-4-2)24-18-22(10-6-5-7-11-22)26-14-16-28-17-15-26/h19H,3-18H2,1-2H3,(H,23,24). The van der Waals surface area contributed by atoms with Gasteiger partial charge in [-0.1, -0.05) is 19.3 Å². The lowest BCUT2D eigenvalue weighted by molar-refractivity contribution is -0.149. The second kappa shape index (κ2) is 11.2. The molecule has 1 saturated carbocycles. The highest BCUT2D eigenvalue weighted by Crippen LogP contribution is 2.34. The molecule has 0 spiro atoms. The molecule has 0 aromatic carbocycles. The number of aliphatic imine (C=N–C) groups is 1. The summed E-state index contributed by atoms with van der Waals surface area (Å²) in [6.45, 7) is 11.6. The quantitative estimate of drug-likeness (QED) is 0.413. The van der Waals surface area contributed by atoms with Crippen LogP contribution < -0.4 is 5.32 Å². The minimum Gasteiger partial charge on any atom is -0.466 e. The maximum atomic E-state index is 12.0. The summed E-state index contributed by atoms with van der Waals surface area (Å²) in [5, 5.41) is 3.50. The van der Waals surface area contributed by atoms with Crippen LogP contribution in [0.25, 0.3) is 0 Å². The minimum atomic E-state index is -0.0393. The van der Waals surface area contributed by atoms with Gasteiger partial charge in [0.15, 0.2) is 5.96 Å². The van der Waals surface area contributed by atoms with E-state index >= 15 is 0 Å². The molecule has 3 fully saturated rings. The van der Waals surface area contributed by atoms with Crippen molar-refractivity contribution in [1.82, 2.24) is 15.1 Å². The first-order chi connectivity index (χ1) is 14.2. The number of carbonyl (C=O) groups is 1. The number of esters is 1. The molecule has 1 aliphatic carbocycles. The number of piperidine rings is 1. The predicted octanol–water partition coefficient (Wildman–Crippen LogP) is 2.26. The first-order valence-electron chi connectivity index (χ1n) is 11.7. The molecule has 0 aromatic rings. The number of carbonyl (C=O) groups excluding carboxylic acids is 1. The lowest BCUT2D eigenvalue weighted by Crippen LogP contribution is -2.57. The van der Waals surface area contributed by atoms with Crippen LogP contribution >= 0.6 is 0 Å². The number of hydrogen-bond donors (Lipinski definition) is 1. The summed E-state index contributed by atoms with van der Waals surface area (Å²) in [7, 11) is 0. The SMILES string of the molecule is CCNC(=NCC1(N2CCOCC2)CCCCC1)N1CCC(C(=O)OCC)CC1. The zero-order valence-electron chi connectivity index (χ0n) is 18.5. The van der Waals surface area contributed by atoms with Crippen LogP contribution in [-0.2, 0) is 14.3 Å². The van der Waals surface area contributed by atoms with Crippen LogP contribution in [0.4, 0.5) is 0 Å². The van der Waals surface area contributed by atoms with E-state index in [1.807, 2.05) is 6.92 Å². The average Bonchev–Trinajstić information content (AvgIpc) is 2.78. The molecule has 3 aliphatic rings. The van der Waals surface area contributed by atoms with Crippen molar-refractivity contribution in [3.8, 4) is 0 Å². The van der Waals surface area contributed by atoms with E-state index in [1.165, 1.54) is 32.1 Å². The van der Waals surface area contributed by atoms with Crippen LogP contribution in [0, 0.1) is 5.92 Å². The summed E-state index contributed by atoms with van der Waals surface area (Å²) < 4.78 is 10.8. The second-order valence-electron chi connectivity index (χ2n) is 8.57. The van der Waals surface area contributed by atoms with Gasteiger partial charge in [-0.2, -0.15) is 0 Å². The van der Waals surface area contributed by atoms with Crippen LogP contribution in [0.3, 0.4) is 0 Å². The largest absolute Gasteiger partial charge is 0.466 e. The van der Waals surface area contributed by atoms with Gasteiger partial charge in [0, 0.05) is 38.3 Å². The van der Waals surface area contributed by atoms with Crippen LogP contribution in [0.2, 0.25) is 0 Å². The van der Waals surface area contributed by atoms with E-state index in [9.17, 15) is 4.79 Å². The van der Waals surface area contributed by atoms with Crippen molar-refractivity contribution in [2.75, 3.05) is 59.1 Å². The van der Waals surface area contributed by atoms with Crippen LogP contribution in [-0.4, -0.2) is 86.4 Å². The minimum absolute atomic E-state index is 0.0344. The summed E-state index contributed by atoms with van der Waals surface area (Å²) in [5.74, 6) is 1.00. The van der Waals surface area contributed by atoms with E-state index in [1.54, 1.807) is 0 Å². The molecular weight excluding hydrogens is 368 g/mol. The summed E-state index contributed by atoms with van der Waals surface area (Å²) in [6.07, 6.45) is 8.11. The summed E-state index contributed by atoms with van der Waals surface area (Å²) in [5.41, 5.74) is 0.186. The highest BCUT2D eigenvalue weighted by molar-refractivity contribution is 5.80. The third-order valence-corrected chi connectivity index (χ3v) is 6.74. The van der Waals surface area contributed by atoms with Gasteiger partial charge in [-0.15, -0.1) is 0 Å². The number of rotatable bonds is 6. The monoisotopic (exact) mass is 408 g/mol. The number of guanidine groups is 1. The highest BCUT2D eigenvalue weighted by atomic mass is 16.5. The van der Waals surface area contributed by atoms with Crippen molar-refractivity contribution in [1.29, 1.82) is 0 Å². The predicted molar refractivity (Wildman–Crippen MR) is 115 cm³/mol. The Morgan fingerprint density at radius 2 is 1.79 bits per heavy atom. The lowest BCUT2D eigenvalue weighted by atomic mass is 9.80.